The van der Waals surface area contributed by atoms with Crippen molar-refractivity contribution in [3.8, 4) is 0 Å². The van der Waals surface area contributed by atoms with Crippen molar-refractivity contribution in [1.82, 2.24) is 10.6 Å². The molecule has 2 rings (SSSR count). The van der Waals surface area contributed by atoms with Crippen LogP contribution in [0.5, 0.6) is 0 Å². The fourth-order valence-electron chi connectivity index (χ4n) is 2.54. The molecular weight excluding hydrogens is 300 g/mol. The average molecular weight is 322 g/mol. The summed E-state index contributed by atoms with van der Waals surface area (Å²) in [7, 11) is 1.34. The summed E-state index contributed by atoms with van der Waals surface area (Å²) in [6, 6.07) is 7.19. The van der Waals surface area contributed by atoms with Crippen LogP contribution in [-0.2, 0) is 27.3 Å². The summed E-state index contributed by atoms with van der Waals surface area (Å²) in [5.74, 6) is 0.255. The van der Waals surface area contributed by atoms with Crippen LogP contribution in [0.4, 0.5) is 0 Å². The zero-order valence-corrected chi connectivity index (χ0v) is 13.7. The van der Waals surface area contributed by atoms with E-state index in [9.17, 15) is 9.59 Å². The summed E-state index contributed by atoms with van der Waals surface area (Å²) in [6.07, 6.45) is 3.18. The number of carbonyl (C=O) groups is 2. The standard InChI is InChI=1S/C16H22N2O3S/c1-21-16(20)13(7-8-22-2)18-15(19)14-9-11-5-3-4-6-12(11)10-17-14/h3-6,13-14,17H,7-10H2,1-2H3,(H,18,19)/t13-,14-/m0/s1. The first-order valence-corrected chi connectivity index (χ1v) is 8.72. The van der Waals surface area contributed by atoms with E-state index < -0.39 is 12.0 Å². The van der Waals surface area contributed by atoms with Crippen molar-refractivity contribution in [3.05, 3.63) is 35.4 Å². The van der Waals surface area contributed by atoms with Gasteiger partial charge in [-0.05, 0) is 36.0 Å². The normalized spacial score (nSPS) is 18.2. The van der Waals surface area contributed by atoms with Crippen LogP contribution >= 0.6 is 11.8 Å². The van der Waals surface area contributed by atoms with E-state index >= 15 is 0 Å². The van der Waals surface area contributed by atoms with Crippen LogP contribution in [0.2, 0.25) is 0 Å². The van der Waals surface area contributed by atoms with Gasteiger partial charge in [-0.3, -0.25) is 4.79 Å². The smallest absolute Gasteiger partial charge is 0.328 e. The lowest BCUT2D eigenvalue weighted by Gasteiger charge is -2.27. The van der Waals surface area contributed by atoms with E-state index in [1.165, 1.54) is 18.2 Å². The van der Waals surface area contributed by atoms with Gasteiger partial charge in [0.15, 0.2) is 0 Å². The van der Waals surface area contributed by atoms with Crippen molar-refractivity contribution in [2.45, 2.75) is 31.5 Å². The van der Waals surface area contributed by atoms with E-state index in [1.807, 2.05) is 24.5 Å². The lowest BCUT2D eigenvalue weighted by Crippen LogP contribution is -2.52. The van der Waals surface area contributed by atoms with Gasteiger partial charge >= 0.3 is 5.97 Å². The van der Waals surface area contributed by atoms with Crippen molar-refractivity contribution < 1.29 is 14.3 Å². The second-order valence-corrected chi connectivity index (χ2v) is 6.26. The van der Waals surface area contributed by atoms with Gasteiger partial charge in [0.2, 0.25) is 5.91 Å². The molecule has 1 heterocycles. The number of nitrogens with one attached hydrogen (secondary N) is 2. The Morgan fingerprint density at radius 3 is 2.82 bits per heavy atom. The summed E-state index contributed by atoms with van der Waals surface area (Å²) in [4.78, 5) is 24.2. The van der Waals surface area contributed by atoms with Crippen molar-refractivity contribution in [2.75, 3.05) is 19.1 Å². The van der Waals surface area contributed by atoms with E-state index in [2.05, 4.69) is 16.7 Å². The van der Waals surface area contributed by atoms with Gasteiger partial charge in [-0.25, -0.2) is 4.79 Å². The maximum Gasteiger partial charge on any atom is 0.328 e. The molecule has 2 atom stereocenters. The monoisotopic (exact) mass is 322 g/mol. The van der Waals surface area contributed by atoms with E-state index in [0.29, 0.717) is 19.4 Å². The van der Waals surface area contributed by atoms with Crippen LogP contribution in [0, 0.1) is 0 Å². The van der Waals surface area contributed by atoms with Crippen LogP contribution in [0.15, 0.2) is 24.3 Å². The minimum Gasteiger partial charge on any atom is -0.467 e. The summed E-state index contributed by atoms with van der Waals surface area (Å²) in [5.41, 5.74) is 2.40. The first-order valence-electron chi connectivity index (χ1n) is 7.33. The molecule has 2 N–H and O–H groups in total. The van der Waals surface area contributed by atoms with Crippen LogP contribution in [0.25, 0.3) is 0 Å². The fraction of sp³-hybridized carbons (Fsp3) is 0.500. The van der Waals surface area contributed by atoms with Gasteiger partial charge in [-0.2, -0.15) is 11.8 Å². The molecule has 6 heteroatoms. The lowest BCUT2D eigenvalue weighted by atomic mass is 9.95. The molecule has 0 fully saturated rings. The van der Waals surface area contributed by atoms with Gasteiger partial charge in [0.05, 0.1) is 13.2 Å². The fourth-order valence-corrected chi connectivity index (χ4v) is 3.01. The summed E-state index contributed by atoms with van der Waals surface area (Å²) < 4.78 is 4.77. The molecule has 1 amide bonds. The summed E-state index contributed by atoms with van der Waals surface area (Å²) in [6.45, 7) is 0.669. The number of hydrogen-bond acceptors (Lipinski definition) is 5. The Kier molecular flexibility index (Phi) is 6.27. The minimum atomic E-state index is -0.580. The van der Waals surface area contributed by atoms with Gasteiger partial charge < -0.3 is 15.4 Å². The summed E-state index contributed by atoms with van der Waals surface area (Å²) >= 11 is 1.64. The molecule has 22 heavy (non-hydrogen) atoms. The molecule has 1 aromatic rings. The molecule has 0 radical (unpaired) electrons. The molecule has 0 saturated carbocycles. The molecule has 0 bridgehead atoms. The SMILES string of the molecule is COC(=O)[C@H](CCSC)NC(=O)[C@@H]1Cc2ccccc2CN1. The molecule has 0 aliphatic carbocycles. The molecule has 1 aromatic carbocycles. The number of fused-ring (bicyclic) bond motifs is 1. The minimum absolute atomic E-state index is 0.147. The number of carbonyl (C=O) groups excluding carboxylic acids is 2. The van der Waals surface area contributed by atoms with E-state index in [4.69, 9.17) is 4.74 Å². The highest BCUT2D eigenvalue weighted by atomic mass is 32.2. The van der Waals surface area contributed by atoms with E-state index in [0.717, 1.165) is 5.75 Å². The highest BCUT2D eigenvalue weighted by molar-refractivity contribution is 7.98. The molecule has 5 nitrogen and oxygen atoms in total. The Morgan fingerprint density at radius 1 is 1.41 bits per heavy atom. The highest BCUT2D eigenvalue weighted by Gasteiger charge is 2.28. The maximum absolute atomic E-state index is 12.4. The summed E-state index contributed by atoms with van der Waals surface area (Å²) in [5, 5.41) is 6.04. The van der Waals surface area contributed by atoms with E-state index in [1.54, 1.807) is 11.8 Å². The molecule has 120 valence electrons. The molecule has 1 aliphatic heterocycles. The molecule has 0 saturated heterocycles. The Bertz CT molecular complexity index is 536. The molecule has 1 aliphatic rings. The number of ether oxygens (including phenoxy) is 1. The number of rotatable bonds is 6. The second-order valence-electron chi connectivity index (χ2n) is 5.27. The Morgan fingerprint density at radius 2 is 2.14 bits per heavy atom. The van der Waals surface area contributed by atoms with Crippen LogP contribution < -0.4 is 10.6 Å². The molecule has 0 aromatic heterocycles. The Labute approximate surface area is 135 Å². The van der Waals surface area contributed by atoms with Crippen LogP contribution in [0.3, 0.4) is 0 Å². The topological polar surface area (TPSA) is 67.4 Å². The number of amides is 1. The van der Waals surface area contributed by atoms with Crippen molar-refractivity contribution in [2.24, 2.45) is 0 Å². The number of methoxy groups -OCH3 is 1. The Hall–Kier alpha value is -1.53. The Balaban J connectivity index is 1.97. The van der Waals surface area contributed by atoms with Gasteiger partial charge in [-0.1, -0.05) is 24.3 Å². The van der Waals surface area contributed by atoms with Crippen LogP contribution in [0.1, 0.15) is 17.5 Å². The number of hydrogen-bond donors (Lipinski definition) is 2. The predicted octanol–water partition coefficient (Wildman–Crippen LogP) is 1.11. The van der Waals surface area contributed by atoms with Gasteiger partial charge in [0, 0.05) is 6.54 Å². The van der Waals surface area contributed by atoms with Gasteiger partial charge in [0.25, 0.3) is 0 Å². The average Bonchev–Trinajstić information content (AvgIpc) is 2.57. The molecule has 0 unspecified atom stereocenters. The third-order valence-corrected chi connectivity index (χ3v) is 4.45. The zero-order chi connectivity index (χ0) is 15.9. The largest absolute Gasteiger partial charge is 0.467 e. The van der Waals surface area contributed by atoms with E-state index in [-0.39, 0.29) is 11.9 Å². The van der Waals surface area contributed by atoms with Gasteiger partial charge in [-0.15, -0.1) is 0 Å². The lowest BCUT2D eigenvalue weighted by molar-refractivity contribution is -0.145. The molecule has 0 spiro atoms. The number of esters is 1. The number of thioether (sulfide) groups is 1. The predicted molar refractivity (Wildman–Crippen MR) is 87.7 cm³/mol. The van der Waals surface area contributed by atoms with Crippen LogP contribution in [-0.4, -0.2) is 43.1 Å². The number of benzene rings is 1. The first-order chi connectivity index (χ1) is 10.7. The van der Waals surface area contributed by atoms with Gasteiger partial charge in [0.1, 0.15) is 6.04 Å². The van der Waals surface area contributed by atoms with Crippen molar-refractivity contribution in [1.29, 1.82) is 0 Å². The third kappa shape index (κ3) is 4.24. The van der Waals surface area contributed by atoms with Crippen molar-refractivity contribution >= 4 is 23.6 Å². The maximum atomic E-state index is 12.4. The van der Waals surface area contributed by atoms with Crippen molar-refractivity contribution in [3.63, 3.8) is 0 Å². The highest BCUT2D eigenvalue weighted by Crippen LogP contribution is 2.16. The second kappa shape index (κ2) is 8.19. The quantitative estimate of drug-likeness (QED) is 0.768. The molecular formula is C16H22N2O3S. The third-order valence-electron chi connectivity index (χ3n) is 3.81. The first kappa shape index (κ1) is 16.8. The zero-order valence-electron chi connectivity index (χ0n) is 12.9.